The molecule has 17 heavy (non-hydrogen) atoms. The van der Waals surface area contributed by atoms with Gasteiger partial charge in [-0.05, 0) is 25.9 Å². The first-order chi connectivity index (χ1) is 8.16. The van der Waals surface area contributed by atoms with Crippen molar-refractivity contribution in [2.45, 2.75) is 31.2 Å². The maximum atomic E-state index is 11.7. The van der Waals surface area contributed by atoms with Gasteiger partial charge in [0, 0.05) is 13.1 Å². The van der Waals surface area contributed by atoms with E-state index in [-0.39, 0.29) is 31.7 Å². The van der Waals surface area contributed by atoms with Gasteiger partial charge in [-0.1, -0.05) is 0 Å². The molecule has 98 valence electrons. The molecule has 2 aliphatic heterocycles. The Hall–Kier alpha value is -0.690. The highest BCUT2D eigenvalue weighted by molar-refractivity contribution is 5.77. The normalized spacial score (nSPS) is 30.8. The standard InChI is InChI=1S/C11H20N2O4/c14-9-5-13(6-10(9)15)11(16)7-17-8-1-3-12-4-2-8/h8-10,12,14-15H,1-7H2/t9-,10+. The monoisotopic (exact) mass is 244 g/mol. The summed E-state index contributed by atoms with van der Waals surface area (Å²) in [6, 6.07) is 0. The SMILES string of the molecule is O=C(COC1CCNCC1)N1C[C@@H](O)[C@@H](O)C1. The molecule has 2 aliphatic rings. The molecule has 3 N–H and O–H groups in total. The number of aliphatic hydroxyl groups excluding tert-OH is 2. The molecule has 2 rings (SSSR count). The van der Waals surface area contributed by atoms with E-state index in [4.69, 9.17) is 4.74 Å². The van der Waals surface area contributed by atoms with Crippen LogP contribution in [-0.2, 0) is 9.53 Å². The molecule has 1 amide bonds. The number of nitrogens with one attached hydrogen (secondary N) is 1. The number of nitrogens with zero attached hydrogens (tertiary/aromatic N) is 1. The van der Waals surface area contributed by atoms with E-state index in [0.29, 0.717) is 0 Å². The molecule has 0 aromatic carbocycles. The largest absolute Gasteiger partial charge is 0.388 e. The van der Waals surface area contributed by atoms with E-state index >= 15 is 0 Å². The van der Waals surface area contributed by atoms with Gasteiger partial charge in [-0.25, -0.2) is 0 Å². The van der Waals surface area contributed by atoms with Crippen LogP contribution in [0.1, 0.15) is 12.8 Å². The molecule has 0 aromatic rings. The fraction of sp³-hybridized carbons (Fsp3) is 0.909. The minimum absolute atomic E-state index is 0.0457. The fourth-order valence-electron chi connectivity index (χ4n) is 2.22. The van der Waals surface area contributed by atoms with E-state index in [9.17, 15) is 15.0 Å². The summed E-state index contributed by atoms with van der Waals surface area (Å²) in [5.74, 6) is -0.154. The summed E-state index contributed by atoms with van der Waals surface area (Å²) in [7, 11) is 0. The number of hydrogen-bond donors (Lipinski definition) is 3. The summed E-state index contributed by atoms with van der Waals surface area (Å²) < 4.78 is 5.53. The van der Waals surface area contributed by atoms with Crippen LogP contribution >= 0.6 is 0 Å². The van der Waals surface area contributed by atoms with Crippen molar-refractivity contribution < 1.29 is 19.7 Å². The lowest BCUT2D eigenvalue weighted by atomic mass is 10.1. The minimum Gasteiger partial charge on any atom is -0.388 e. The summed E-state index contributed by atoms with van der Waals surface area (Å²) in [4.78, 5) is 13.2. The average molecular weight is 244 g/mol. The molecule has 6 nitrogen and oxygen atoms in total. The van der Waals surface area contributed by atoms with Gasteiger partial charge in [-0.15, -0.1) is 0 Å². The van der Waals surface area contributed by atoms with Crippen LogP contribution in [0, 0.1) is 0 Å². The van der Waals surface area contributed by atoms with E-state index in [1.807, 2.05) is 0 Å². The Morgan fingerprint density at radius 2 is 1.82 bits per heavy atom. The zero-order chi connectivity index (χ0) is 12.3. The average Bonchev–Trinajstić information content (AvgIpc) is 2.68. The first-order valence-electron chi connectivity index (χ1n) is 6.13. The smallest absolute Gasteiger partial charge is 0.248 e. The molecular formula is C11H20N2O4. The van der Waals surface area contributed by atoms with Crippen molar-refractivity contribution in [1.82, 2.24) is 10.2 Å². The van der Waals surface area contributed by atoms with E-state index in [1.165, 1.54) is 4.90 Å². The maximum absolute atomic E-state index is 11.7. The van der Waals surface area contributed by atoms with Crippen LogP contribution in [0.4, 0.5) is 0 Å². The van der Waals surface area contributed by atoms with Crippen LogP contribution < -0.4 is 5.32 Å². The molecule has 0 aliphatic carbocycles. The third-order valence-electron chi connectivity index (χ3n) is 3.34. The maximum Gasteiger partial charge on any atom is 0.248 e. The van der Waals surface area contributed by atoms with Crippen molar-refractivity contribution in [3.05, 3.63) is 0 Å². The lowest BCUT2D eigenvalue weighted by molar-refractivity contribution is -0.138. The van der Waals surface area contributed by atoms with E-state index in [2.05, 4.69) is 5.32 Å². The second kappa shape index (κ2) is 5.77. The molecule has 0 radical (unpaired) electrons. The van der Waals surface area contributed by atoms with Crippen molar-refractivity contribution >= 4 is 5.91 Å². The second-order valence-corrected chi connectivity index (χ2v) is 4.69. The third kappa shape index (κ3) is 3.38. The van der Waals surface area contributed by atoms with Crippen molar-refractivity contribution in [2.24, 2.45) is 0 Å². The molecule has 2 atom stereocenters. The predicted molar refractivity (Wildman–Crippen MR) is 60.4 cm³/mol. The van der Waals surface area contributed by atoms with Crippen molar-refractivity contribution in [1.29, 1.82) is 0 Å². The Kier molecular flexibility index (Phi) is 4.33. The zero-order valence-corrected chi connectivity index (χ0v) is 9.84. The van der Waals surface area contributed by atoms with Gasteiger partial charge >= 0.3 is 0 Å². The fourth-order valence-corrected chi connectivity index (χ4v) is 2.22. The summed E-state index contributed by atoms with van der Waals surface area (Å²) in [5, 5.41) is 21.9. The van der Waals surface area contributed by atoms with Crippen LogP contribution in [-0.4, -0.2) is 72.1 Å². The summed E-state index contributed by atoms with van der Waals surface area (Å²) in [5.41, 5.74) is 0. The highest BCUT2D eigenvalue weighted by Crippen LogP contribution is 2.12. The molecule has 6 heteroatoms. The lowest BCUT2D eigenvalue weighted by Crippen LogP contribution is -2.37. The molecule has 0 bridgehead atoms. The Balaban J connectivity index is 1.70. The van der Waals surface area contributed by atoms with Crippen molar-refractivity contribution in [2.75, 3.05) is 32.8 Å². The highest BCUT2D eigenvalue weighted by atomic mass is 16.5. The predicted octanol–water partition coefficient (Wildman–Crippen LogP) is -1.68. The summed E-state index contributed by atoms with van der Waals surface area (Å²) in [6.45, 7) is 2.31. The Morgan fingerprint density at radius 1 is 1.24 bits per heavy atom. The topological polar surface area (TPSA) is 82.0 Å². The van der Waals surface area contributed by atoms with Crippen LogP contribution in [0.25, 0.3) is 0 Å². The number of amides is 1. The lowest BCUT2D eigenvalue weighted by Gasteiger charge is -2.24. The number of carbonyl (C=O) groups is 1. The highest BCUT2D eigenvalue weighted by Gasteiger charge is 2.32. The first-order valence-corrected chi connectivity index (χ1v) is 6.13. The molecule has 0 saturated carbocycles. The van der Waals surface area contributed by atoms with Gasteiger partial charge in [-0.3, -0.25) is 4.79 Å². The number of hydrogen-bond acceptors (Lipinski definition) is 5. The Labute approximate surface area is 101 Å². The van der Waals surface area contributed by atoms with Crippen LogP contribution in [0.5, 0.6) is 0 Å². The number of likely N-dealkylation sites (tertiary alicyclic amines) is 1. The van der Waals surface area contributed by atoms with Crippen LogP contribution in [0.2, 0.25) is 0 Å². The molecule has 0 unspecified atom stereocenters. The molecular weight excluding hydrogens is 224 g/mol. The van der Waals surface area contributed by atoms with Gasteiger partial charge < -0.3 is 25.2 Å². The molecule has 2 heterocycles. The number of ether oxygens (including phenoxy) is 1. The zero-order valence-electron chi connectivity index (χ0n) is 9.84. The number of carbonyl (C=O) groups excluding carboxylic acids is 1. The second-order valence-electron chi connectivity index (χ2n) is 4.69. The molecule has 0 spiro atoms. The van der Waals surface area contributed by atoms with Crippen molar-refractivity contribution in [3.8, 4) is 0 Å². The Morgan fingerprint density at radius 3 is 2.41 bits per heavy atom. The summed E-state index contributed by atoms with van der Waals surface area (Å²) >= 11 is 0. The number of aliphatic hydroxyl groups is 2. The molecule has 2 fully saturated rings. The van der Waals surface area contributed by atoms with Gasteiger partial charge in [0.05, 0.1) is 18.3 Å². The van der Waals surface area contributed by atoms with E-state index in [1.54, 1.807) is 0 Å². The molecule has 2 saturated heterocycles. The van der Waals surface area contributed by atoms with Crippen LogP contribution in [0.15, 0.2) is 0 Å². The third-order valence-corrected chi connectivity index (χ3v) is 3.34. The number of piperidine rings is 1. The van der Waals surface area contributed by atoms with Gasteiger partial charge in [0.1, 0.15) is 6.61 Å². The number of rotatable bonds is 3. The van der Waals surface area contributed by atoms with Crippen molar-refractivity contribution in [3.63, 3.8) is 0 Å². The van der Waals surface area contributed by atoms with E-state index in [0.717, 1.165) is 25.9 Å². The van der Waals surface area contributed by atoms with E-state index < -0.39 is 12.2 Å². The minimum atomic E-state index is -0.821. The van der Waals surface area contributed by atoms with Gasteiger partial charge in [0.2, 0.25) is 5.91 Å². The van der Waals surface area contributed by atoms with Crippen LogP contribution in [0.3, 0.4) is 0 Å². The van der Waals surface area contributed by atoms with Gasteiger partial charge in [-0.2, -0.15) is 0 Å². The number of β-amino-alcohol motifs (C(OH)–C–C–N with tert-alkyl or cyclic N) is 2. The quantitative estimate of drug-likeness (QED) is 0.552. The summed E-state index contributed by atoms with van der Waals surface area (Å²) in [6.07, 6.45) is 0.366. The Bertz CT molecular complexity index is 258. The van der Waals surface area contributed by atoms with Gasteiger partial charge in [0.25, 0.3) is 0 Å². The molecule has 0 aromatic heterocycles. The van der Waals surface area contributed by atoms with Gasteiger partial charge in [0.15, 0.2) is 0 Å². The first kappa shape index (κ1) is 12.8.